The Hall–Kier alpha value is -1.42. The molecule has 3 saturated heterocycles. The van der Waals surface area contributed by atoms with Gasteiger partial charge in [0.05, 0.1) is 0 Å². The van der Waals surface area contributed by atoms with Gasteiger partial charge in [0, 0.05) is 14.2 Å². The summed E-state index contributed by atoms with van der Waals surface area (Å²) in [6.07, 6.45) is -3.73. The number of carbonyl (C=O) groups is 2. The van der Waals surface area contributed by atoms with Gasteiger partial charge in [0.2, 0.25) is 0 Å². The van der Waals surface area contributed by atoms with Gasteiger partial charge in [-0.2, -0.15) is 0 Å². The Morgan fingerprint density at radius 1 is 1.17 bits per heavy atom. The highest BCUT2D eigenvalue weighted by atomic mass is 16.8. The van der Waals surface area contributed by atoms with Gasteiger partial charge >= 0.3 is 12.1 Å². The molecule has 3 aliphatic rings. The minimum Gasteiger partial charge on any atom is -0.458 e. The van der Waals surface area contributed by atoms with Crippen molar-refractivity contribution >= 4 is 12.1 Å². The molecule has 0 N–H and O–H groups in total. The van der Waals surface area contributed by atoms with Crippen LogP contribution in [-0.2, 0) is 33.2 Å². The third-order valence-corrected chi connectivity index (χ3v) is 4.19. The zero-order chi connectivity index (χ0) is 17.6. The van der Waals surface area contributed by atoms with Crippen molar-refractivity contribution in [2.24, 2.45) is 0 Å². The maximum atomic E-state index is 12.6. The van der Waals surface area contributed by atoms with Crippen LogP contribution in [0.25, 0.3) is 0 Å². The van der Waals surface area contributed by atoms with E-state index >= 15 is 0 Å². The smallest absolute Gasteiger partial charge is 0.410 e. The van der Waals surface area contributed by atoms with Crippen molar-refractivity contribution in [2.45, 2.75) is 63.1 Å². The summed E-state index contributed by atoms with van der Waals surface area (Å²) < 4.78 is 32.8. The molecule has 9 nitrogen and oxygen atoms in total. The zero-order valence-corrected chi connectivity index (χ0v) is 14.4. The predicted molar refractivity (Wildman–Crippen MR) is 77.9 cm³/mol. The molecule has 136 valence electrons. The second-order valence-corrected chi connectivity index (χ2v) is 7.02. The van der Waals surface area contributed by atoms with Crippen molar-refractivity contribution < 1.29 is 38.0 Å². The fourth-order valence-electron chi connectivity index (χ4n) is 3.16. The van der Waals surface area contributed by atoms with Gasteiger partial charge in [-0.15, -0.1) is 0 Å². The number of methoxy groups -OCH3 is 1. The number of fused-ring (bicyclic) bond motifs is 1. The Morgan fingerprint density at radius 2 is 1.83 bits per heavy atom. The lowest BCUT2D eigenvalue weighted by atomic mass is 9.99. The number of ether oxygens (including phenoxy) is 6. The van der Waals surface area contributed by atoms with Crippen molar-refractivity contribution in [1.82, 2.24) is 4.90 Å². The molecule has 0 saturated carbocycles. The average Bonchev–Trinajstić information content (AvgIpc) is 3.12. The molecule has 0 aromatic heterocycles. The van der Waals surface area contributed by atoms with Gasteiger partial charge in [0.1, 0.15) is 30.7 Å². The first-order valence-electron chi connectivity index (χ1n) is 7.80. The summed E-state index contributed by atoms with van der Waals surface area (Å²) in [7, 11) is 2.98. The van der Waals surface area contributed by atoms with E-state index in [0.717, 1.165) is 0 Å². The van der Waals surface area contributed by atoms with E-state index in [-0.39, 0.29) is 6.79 Å². The molecule has 3 fully saturated rings. The largest absolute Gasteiger partial charge is 0.458 e. The van der Waals surface area contributed by atoms with Crippen molar-refractivity contribution in [3.05, 3.63) is 0 Å². The number of carbonyl (C=O) groups excluding carboxylic acids is 2. The van der Waals surface area contributed by atoms with E-state index < -0.39 is 54.4 Å². The van der Waals surface area contributed by atoms with Crippen LogP contribution in [-0.4, -0.2) is 80.3 Å². The average molecular weight is 345 g/mol. The summed E-state index contributed by atoms with van der Waals surface area (Å²) in [5, 5.41) is 0. The number of amides is 1. The molecular formula is C15H23NO8. The van der Waals surface area contributed by atoms with Crippen LogP contribution >= 0.6 is 0 Å². The van der Waals surface area contributed by atoms with Gasteiger partial charge in [-0.05, 0) is 20.8 Å². The summed E-state index contributed by atoms with van der Waals surface area (Å²) in [5.41, 5.74) is -0.685. The van der Waals surface area contributed by atoms with Gasteiger partial charge in [-0.25, -0.2) is 9.59 Å². The molecule has 3 rings (SSSR count). The molecule has 3 heterocycles. The van der Waals surface area contributed by atoms with Crippen molar-refractivity contribution in [1.29, 1.82) is 0 Å². The summed E-state index contributed by atoms with van der Waals surface area (Å²) >= 11 is 0. The fourth-order valence-corrected chi connectivity index (χ4v) is 3.16. The van der Waals surface area contributed by atoms with Crippen molar-refractivity contribution in [3.8, 4) is 0 Å². The van der Waals surface area contributed by atoms with Crippen molar-refractivity contribution in [3.63, 3.8) is 0 Å². The number of hydrogen-bond donors (Lipinski definition) is 0. The first-order valence-corrected chi connectivity index (χ1v) is 7.80. The monoisotopic (exact) mass is 345 g/mol. The van der Waals surface area contributed by atoms with E-state index in [1.807, 2.05) is 0 Å². The van der Waals surface area contributed by atoms with E-state index in [0.29, 0.717) is 0 Å². The molecule has 0 aliphatic carbocycles. The van der Waals surface area contributed by atoms with E-state index in [4.69, 9.17) is 28.4 Å². The summed E-state index contributed by atoms with van der Waals surface area (Å²) in [6.45, 7) is 5.38. The molecule has 1 amide bonds. The minimum absolute atomic E-state index is 0.0999. The predicted octanol–water partition coefficient (Wildman–Crippen LogP) is 0.260. The third kappa shape index (κ3) is 2.97. The molecule has 9 heteroatoms. The molecule has 0 unspecified atom stereocenters. The quantitative estimate of drug-likeness (QED) is 0.673. The van der Waals surface area contributed by atoms with Gasteiger partial charge in [-0.3, -0.25) is 4.90 Å². The molecule has 0 radical (unpaired) electrons. The molecule has 24 heavy (non-hydrogen) atoms. The highest BCUT2D eigenvalue weighted by Gasteiger charge is 2.60. The molecule has 0 aromatic carbocycles. The first kappa shape index (κ1) is 17.4. The lowest BCUT2D eigenvalue weighted by molar-refractivity contribution is -0.191. The van der Waals surface area contributed by atoms with Gasteiger partial charge in [-0.1, -0.05) is 0 Å². The van der Waals surface area contributed by atoms with Crippen LogP contribution in [0.3, 0.4) is 0 Å². The van der Waals surface area contributed by atoms with Crippen molar-refractivity contribution in [2.75, 3.05) is 21.0 Å². The number of cyclic esters (lactones) is 1. The van der Waals surface area contributed by atoms with E-state index in [2.05, 4.69) is 0 Å². The number of esters is 1. The molecular weight excluding hydrogens is 322 g/mol. The third-order valence-electron chi connectivity index (χ3n) is 4.19. The lowest BCUT2D eigenvalue weighted by Crippen LogP contribution is -2.51. The number of nitrogens with zero attached hydrogens (tertiary/aromatic N) is 1. The van der Waals surface area contributed by atoms with E-state index in [9.17, 15) is 9.59 Å². The zero-order valence-electron chi connectivity index (χ0n) is 14.4. The van der Waals surface area contributed by atoms with Crippen LogP contribution in [0.5, 0.6) is 0 Å². The number of likely N-dealkylation sites (N-methyl/N-ethyl adjacent to an activating group) is 1. The number of hydrogen-bond acceptors (Lipinski definition) is 8. The van der Waals surface area contributed by atoms with Crippen LogP contribution in [0.4, 0.5) is 4.79 Å². The Labute approximate surface area is 140 Å². The van der Waals surface area contributed by atoms with Crippen LogP contribution in [0.2, 0.25) is 0 Å². The maximum Gasteiger partial charge on any atom is 0.410 e. The standard InChI is InChI=1S/C15H23NO8/c1-15(2,3)24-12(17)7-8(23-14(18)16(7)4)10-9-11(21-6-20-9)13(19-5)22-10/h7-11,13H,6H2,1-5H3/t7-,8-,9+,10+,11+,13+/m0/s1. The van der Waals surface area contributed by atoms with E-state index in [1.165, 1.54) is 19.1 Å². The summed E-state index contributed by atoms with van der Waals surface area (Å²) in [4.78, 5) is 25.8. The van der Waals surface area contributed by atoms with Crippen LogP contribution < -0.4 is 0 Å². The highest BCUT2D eigenvalue weighted by Crippen LogP contribution is 2.37. The normalized spacial score (nSPS) is 39.0. The summed E-state index contributed by atoms with van der Waals surface area (Å²) in [6, 6.07) is -0.929. The Kier molecular flexibility index (Phi) is 4.45. The first-order chi connectivity index (χ1) is 11.2. The Balaban J connectivity index is 1.82. The van der Waals surface area contributed by atoms with Gasteiger partial charge < -0.3 is 28.4 Å². The lowest BCUT2D eigenvalue weighted by Gasteiger charge is -2.28. The fraction of sp³-hybridized carbons (Fsp3) is 0.867. The van der Waals surface area contributed by atoms with Crippen LogP contribution in [0.15, 0.2) is 0 Å². The van der Waals surface area contributed by atoms with Gasteiger partial charge in [0.25, 0.3) is 0 Å². The summed E-state index contributed by atoms with van der Waals surface area (Å²) in [5.74, 6) is -0.555. The highest BCUT2D eigenvalue weighted by molar-refractivity contribution is 5.85. The topological polar surface area (TPSA) is 92.8 Å². The van der Waals surface area contributed by atoms with Crippen LogP contribution in [0, 0.1) is 0 Å². The Bertz CT molecular complexity index is 518. The van der Waals surface area contributed by atoms with Gasteiger partial charge in [0.15, 0.2) is 18.4 Å². The molecule has 0 bridgehead atoms. The molecule has 6 atom stereocenters. The molecule has 0 aromatic rings. The minimum atomic E-state index is -0.929. The maximum absolute atomic E-state index is 12.6. The molecule has 3 aliphatic heterocycles. The Morgan fingerprint density at radius 3 is 2.46 bits per heavy atom. The second-order valence-electron chi connectivity index (χ2n) is 7.02. The SMILES string of the molecule is CO[C@@H]1O[C@H]([C@H]2OC(=O)N(C)[C@@H]2C(=O)OC(C)(C)C)[C@H]2OCO[C@@H]12. The number of rotatable bonds is 3. The van der Waals surface area contributed by atoms with E-state index in [1.54, 1.807) is 20.8 Å². The second kappa shape index (κ2) is 6.14. The molecule has 0 spiro atoms. The van der Waals surface area contributed by atoms with Crippen LogP contribution in [0.1, 0.15) is 20.8 Å².